The Labute approximate surface area is 176 Å². The number of piperidine rings is 1. The van der Waals surface area contributed by atoms with Crippen molar-refractivity contribution >= 4 is 53.4 Å². The summed E-state index contributed by atoms with van der Waals surface area (Å²) in [6.07, 6.45) is 4.06. The molecular weight excluding hydrogens is 469 g/mol. The SMILES string of the molecule is CCNC(=NCCc1ccc(Cl)nc1)NCCN1C(=O)CCCC1=O.I. The molecule has 26 heavy (non-hydrogen) atoms. The maximum absolute atomic E-state index is 11.8. The molecule has 7 nitrogen and oxygen atoms in total. The highest BCUT2D eigenvalue weighted by Crippen LogP contribution is 2.11. The van der Waals surface area contributed by atoms with Crippen molar-refractivity contribution in [3.63, 3.8) is 0 Å². The number of likely N-dealkylation sites (tertiary alicyclic amines) is 1. The third kappa shape index (κ3) is 7.45. The van der Waals surface area contributed by atoms with E-state index in [0.717, 1.165) is 18.5 Å². The van der Waals surface area contributed by atoms with Gasteiger partial charge in [0.15, 0.2) is 5.96 Å². The van der Waals surface area contributed by atoms with E-state index in [2.05, 4.69) is 20.6 Å². The van der Waals surface area contributed by atoms with E-state index in [1.165, 1.54) is 4.90 Å². The van der Waals surface area contributed by atoms with E-state index in [1.807, 2.05) is 13.0 Å². The molecule has 0 radical (unpaired) electrons. The van der Waals surface area contributed by atoms with Gasteiger partial charge in [0.2, 0.25) is 11.8 Å². The number of amides is 2. The Morgan fingerprint density at radius 3 is 2.62 bits per heavy atom. The first-order valence-electron chi connectivity index (χ1n) is 8.56. The van der Waals surface area contributed by atoms with Gasteiger partial charge in [-0.3, -0.25) is 19.5 Å². The molecule has 2 heterocycles. The molecule has 0 spiro atoms. The highest BCUT2D eigenvalue weighted by molar-refractivity contribution is 14.0. The van der Waals surface area contributed by atoms with Crippen LogP contribution in [-0.2, 0) is 16.0 Å². The van der Waals surface area contributed by atoms with Crippen molar-refractivity contribution in [2.75, 3.05) is 26.2 Å². The van der Waals surface area contributed by atoms with Gasteiger partial charge in [-0.15, -0.1) is 24.0 Å². The molecule has 1 aliphatic rings. The number of imide groups is 1. The molecule has 1 aromatic heterocycles. The molecule has 0 aromatic carbocycles. The summed E-state index contributed by atoms with van der Waals surface area (Å²) >= 11 is 5.77. The van der Waals surface area contributed by atoms with Crippen LogP contribution in [0.5, 0.6) is 0 Å². The van der Waals surface area contributed by atoms with Gasteiger partial charge in [-0.1, -0.05) is 17.7 Å². The van der Waals surface area contributed by atoms with Crippen LogP contribution in [0.1, 0.15) is 31.7 Å². The first-order chi connectivity index (χ1) is 12.1. The summed E-state index contributed by atoms with van der Waals surface area (Å²) in [5.41, 5.74) is 1.06. The van der Waals surface area contributed by atoms with E-state index in [4.69, 9.17) is 11.6 Å². The van der Waals surface area contributed by atoms with E-state index >= 15 is 0 Å². The molecule has 1 aromatic rings. The van der Waals surface area contributed by atoms with E-state index in [-0.39, 0.29) is 35.8 Å². The van der Waals surface area contributed by atoms with Crippen molar-refractivity contribution in [1.82, 2.24) is 20.5 Å². The number of hydrogen-bond donors (Lipinski definition) is 2. The average Bonchev–Trinajstić information content (AvgIpc) is 2.59. The van der Waals surface area contributed by atoms with Gasteiger partial charge in [-0.05, 0) is 31.4 Å². The van der Waals surface area contributed by atoms with Crippen molar-refractivity contribution in [1.29, 1.82) is 0 Å². The Balaban J connectivity index is 0.00000338. The van der Waals surface area contributed by atoms with Crippen LogP contribution in [0.3, 0.4) is 0 Å². The predicted octanol–water partition coefficient (Wildman–Crippen LogP) is 1.99. The molecule has 144 valence electrons. The summed E-state index contributed by atoms with van der Waals surface area (Å²) in [7, 11) is 0. The number of aromatic nitrogens is 1. The van der Waals surface area contributed by atoms with Crippen molar-refractivity contribution in [2.24, 2.45) is 4.99 Å². The van der Waals surface area contributed by atoms with Gasteiger partial charge in [0.25, 0.3) is 0 Å². The quantitative estimate of drug-likeness (QED) is 0.199. The fourth-order valence-corrected chi connectivity index (χ4v) is 2.64. The summed E-state index contributed by atoms with van der Waals surface area (Å²) in [5.74, 6) is 0.492. The van der Waals surface area contributed by atoms with Gasteiger partial charge in [0.05, 0.1) is 0 Å². The monoisotopic (exact) mass is 493 g/mol. The number of carbonyl (C=O) groups is 2. The second kappa shape index (κ2) is 12.1. The lowest BCUT2D eigenvalue weighted by atomic mass is 10.1. The molecule has 1 saturated heterocycles. The minimum atomic E-state index is -0.0878. The Morgan fingerprint density at radius 1 is 1.27 bits per heavy atom. The van der Waals surface area contributed by atoms with Crippen molar-refractivity contribution in [3.05, 3.63) is 29.0 Å². The Kier molecular flexibility index (Phi) is 10.5. The Morgan fingerprint density at radius 2 is 2.00 bits per heavy atom. The molecule has 2 N–H and O–H groups in total. The van der Waals surface area contributed by atoms with Crippen molar-refractivity contribution in [2.45, 2.75) is 32.6 Å². The highest BCUT2D eigenvalue weighted by atomic mass is 127. The third-order valence-electron chi connectivity index (χ3n) is 3.81. The van der Waals surface area contributed by atoms with Crippen LogP contribution in [0.2, 0.25) is 5.15 Å². The van der Waals surface area contributed by atoms with E-state index in [0.29, 0.717) is 50.0 Å². The maximum Gasteiger partial charge on any atom is 0.229 e. The fourth-order valence-electron chi connectivity index (χ4n) is 2.53. The summed E-state index contributed by atoms with van der Waals surface area (Å²) in [6, 6.07) is 3.69. The number of pyridine rings is 1. The van der Waals surface area contributed by atoms with Gasteiger partial charge in [0, 0.05) is 45.2 Å². The van der Waals surface area contributed by atoms with Crippen LogP contribution in [0.15, 0.2) is 23.3 Å². The number of carbonyl (C=O) groups excluding carboxylic acids is 2. The number of rotatable bonds is 7. The average molecular weight is 494 g/mol. The third-order valence-corrected chi connectivity index (χ3v) is 4.04. The molecule has 0 aliphatic carbocycles. The first kappa shape index (κ1) is 22.6. The number of nitrogens with zero attached hydrogens (tertiary/aromatic N) is 3. The van der Waals surface area contributed by atoms with Crippen LogP contribution in [0.25, 0.3) is 0 Å². The minimum Gasteiger partial charge on any atom is -0.357 e. The Bertz CT molecular complexity index is 608. The summed E-state index contributed by atoms with van der Waals surface area (Å²) in [6.45, 7) is 4.16. The summed E-state index contributed by atoms with van der Waals surface area (Å²) in [4.78, 5) is 33.4. The smallest absolute Gasteiger partial charge is 0.229 e. The van der Waals surface area contributed by atoms with Gasteiger partial charge in [0.1, 0.15) is 5.15 Å². The largest absolute Gasteiger partial charge is 0.357 e. The molecule has 9 heteroatoms. The van der Waals surface area contributed by atoms with Crippen LogP contribution in [0, 0.1) is 0 Å². The Hall–Kier alpha value is -1.42. The van der Waals surface area contributed by atoms with Crippen LogP contribution in [0.4, 0.5) is 0 Å². The summed E-state index contributed by atoms with van der Waals surface area (Å²) in [5, 5.41) is 6.79. The zero-order valence-electron chi connectivity index (χ0n) is 14.8. The van der Waals surface area contributed by atoms with E-state index in [9.17, 15) is 9.59 Å². The zero-order valence-corrected chi connectivity index (χ0v) is 17.9. The summed E-state index contributed by atoms with van der Waals surface area (Å²) < 4.78 is 0. The van der Waals surface area contributed by atoms with Gasteiger partial charge >= 0.3 is 0 Å². The molecule has 0 unspecified atom stereocenters. The van der Waals surface area contributed by atoms with Crippen LogP contribution < -0.4 is 10.6 Å². The molecule has 0 bridgehead atoms. The molecule has 2 amide bonds. The number of aliphatic imine (C=N–C) groups is 1. The number of nitrogens with one attached hydrogen (secondary N) is 2. The normalized spacial score (nSPS) is 14.8. The standard InChI is InChI=1S/C17H24ClN5O2.HI/c1-2-19-17(20-9-8-13-6-7-14(18)22-12-13)21-10-11-23-15(24)4-3-5-16(23)25;/h6-7,12H,2-5,8-11H2,1H3,(H2,19,20,21);1H. The second-order valence-corrected chi connectivity index (χ2v) is 6.11. The fraction of sp³-hybridized carbons (Fsp3) is 0.529. The first-order valence-corrected chi connectivity index (χ1v) is 8.93. The lowest BCUT2D eigenvalue weighted by Gasteiger charge is -2.25. The van der Waals surface area contributed by atoms with E-state index < -0.39 is 0 Å². The number of hydrogen-bond acceptors (Lipinski definition) is 4. The van der Waals surface area contributed by atoms with Gasteiger partial charge in [-0.2, -0.15) is 0 Å². The zero-order chi connectivity index (χ0) is 18.1. The van der Waals surface area contributed by atoms with Gasteiger partial charge < -0.3 is 10.6 Å². The highest BCUT2D eigenvalue weighted by Gasteiger charge is 2.25. The predicted molar refractivity (Wildman–Crippen MR) is 113 cm³/mol. The van der Waals surface area contributed by atoms with E-state index in [1.54, 1.807) is 12.3 Å². The molecule has 2 rings (SSSR count). The van der Waals surface area contributed by atoms with Crippen LogP contribution >= 0.6 is 35.6 Å². The van der Waals surface area contributed by atoms with Gasteiger partial charge in [-0.25, -0.2) is 4.98 Å². The molecule has 0 saturated carbocycles. The lowest BCUT2D eigenvalue weighted by molar-refractivity contribution is -0.147. The second-order valence-electron chi connectivity index (χ2n) is 5.72. The molecule has 0 atom stereocenters. The lowest BCUT2D eigenvalue weighted by Crippen LogP contribution is -2.46. The maximum atomic E-state index is 11.8. The minimum absolute atomic E-state index is 0. The van der Waals surface area contributed by atoms with Crippen molar-refractivity contribution < 1.29 is 9.59 Å². The number of guanidine groups is 1. The topological polar surface area (TPSA) is 86.7 Å². The number of halogens is 2. The molecule has 1 aliphatic heterocycles. The molecule has 1 fully saturated rings. The van der Waals surface area contributed by atoms with Crippen molar-refractivity contribution in [3.8, 4) is 0 Å². The van der Waals surface area contributed by atoms with Crippen LogP contribution in [-0.4, -0.2) is 53.8 Å². The molecular formula is C17H25ClIN5O2.